The minimum atomic E-state index is -4.32. The lowest BCUT2D eigenvalue weighted by Crippen LogP contribution is -2.44. The van der Waals surface area contributed by atoms with Gasteiger partial charge in [-0.15, -0.1) is 0 Å². The fourth-order valence-electron chi connectivity index (χ4n) is 2.52. The summed E-state index contributed by atoms with van der Waals surface area (Å²) in [4.78, 5) is 13.6. The van der Waals surface area contributed by atoms with Crippen LogP contribution in [0.15, 0.2) is 24.3 Å². The maximum atomic E-state index is 12.5. The number of amides is 1. The van der Waals surface area contributed by atoms with Gasteiger partial charge in [0.05, 0.1) is 5.56 Å². The topological polar surface area (TPSA) is 41.6 Å². The van der Waals surface area contributed by atoms with Crippen LogP contribution in [0.3, 0.4) is 0 Å². The second-order valence-electron chi connectivity index (χ2n) is 6.96. The fraction of sp³-hybridized carbons (Fsp3) is 0.632. The van der Waals surface area contributed by atoms with Crippen molar-refractivity contribution in [3.8, 4) is 0 Å². The first-order chi connectivity index (χ1) is 12.0. The first kappa shape index (κ1) is 22.1. The van der Waals surface area contributed by atoms with E-state index < -0.39 is 17.3 Å². The molecule has 1 saturated heterocycles. The Labute approximate surface area is 153 Å². The molecule has 1 N–H and O–H groups in total. The highest BCUT2D eigenvalue weighted by Gasteiger charge is 2.30. The van der Waals surface area contributed by atoms with E-state index in [2.05, 4.69) is 5.32 Å². The number of anilines is 1. The van der Waals surface area contributed by atoms with Gasteiger partial charge in [-0.1, -0.05) is 13.8 Å². The molecular formula is C19H29F3N2O2. The smallest absolute Gasteiger partial charge is 0.416 e. The van der Waals surface area contributed by atoms with E-state index in [0.717, 1.165) is 25.0 Å². The first-order valence-electron chi connectivity index (χ1n) is 8.96. The Morgan fingerprint density at radius 3 is 2.00 bits per heavy atom. The van der Waals surface area contributed by atoms with Crippen molar-refractivity contribution in [2.24, 2.45) is 0 Å². The molecule has 1 aromatic rings. The Kier molecular flexibility index (Phi) is 7.78. The van der Waals surface area contributed by atoms with Crippen molar-refractivity contribution < 1.29 is 22.7 Å². The van der Waals surface area contributed by atoms with Crippen molar-refractivity contribution in [2.75, 3.05) is 18.4 Å². The summed E-state index contributed by atoms with van der Waals surface area (Å²) in [5, 5.41) is 3.22. The van der Waals surface area contributed by atoms with Gasteiger partial charge in [0.15, 0.2) is 0 Å². The zero-order valence-corrected chi connectivity index (χ0v) is 16.1. The molecular weight excluding hydrogens is 345 g/mol. The number of alkyl halides is 3. The van der Waals surface area contributed by atoms with Crippen LogP contribution < -0.4 is 5.32 Å². The number of halogens is 3. The van der Waals surface area contributed by atoms with E-state index in [1.807, 2.05) is 34.6 Å². The number of nitrogens with one attached hydrogen (secondary N) is 1. The van der Waals surface area contributed by atoms with Gasteiger partial charge in [-0.2, -0.15) is 13.2 Å². The number of benzene rings is 1. The summed E-state index contributed by atoms with van der Waals surface area (Å²) in [5.41, 5.74) is -0.529. The van der Waals surface area contributed by atoms with Gasteiger partial charge >= 0.3 is 12.3 Å². The molecule has 0 atom stereocenters. The SMILES string of the molecule is CC.CC(C)(C)OC(=O)N1CCC(Nc2ccc(C(F)(F)F)cc2)CC1. The number of carbonyl (C=O) groups excluding carboxylic acids is 1. The molecule has 1 aromatic carbocycles. The average molecular weight is 374 g/mol. The van der Waals surface area contributed by atoms with Crippen molar-refractivity contribution in [1.82, 2.24) is 4.90 Å². The molecule has 148 valence electrons. The highest BCUT2D eigenvalue weighted by atomic mass is 19.4. The number of piperidine rings is 1. The third-order valence-corrected chi connectivity index (χ3v) is 3.73. The van der Waals surface area contributed by atoms with Gasteiger partial charge in [0.2, 0.25) is 0 Å². The van der Waals surface area contributed by atoms with E-state index in [4.69, 9.17) is 4.74 Å². The number of hydrogen-bond donors (Lipinski definition) is 1. The molecule has 1 aliphatic rings. The van der Waals surface area contributed by atoms with Gasteiger partial charge in [0.1, 0.15) is 5.60 Å². The Balaban J connectivity index is 0.00000163. The summed E-state index contributed by atoms with van der Waals surface area (Å²) in [6.07, 6.45) is -3.20. The minimum absolute atomic E-state index is 0.125. The Morgan fingerprint density at radius 1 is 1.08 bits per heavy atom. The van der Waals surface area contributed by atoms with Crippen LogP contribution in [-0.4, -0.2) is 35.7 Å². The number of nitrogens with zero attached hydrogens (tertiary/aromatic N) is 1. The molecule has 0 spiro atoms. The first-order valence-corrected chi connectivity index (χ1v) is 8.96. The molecule has 1 aliphatic heterocycles. The van der Waals surface area contributed by atoms with Crippen LogP contribution in [0, 0.1) is 0 Å². The van der Waals surface area contributed by atoms with Gasteiger partial charge in [-0.05, 0) is 57.9 Å². The maximum absolute atomic E-state index is 12.5. The summed E-state index contributed by atoms with van der Waals surface area (Å²) in [7, 11) is 0. The molecule has 0 unspecified atom stereocenters. The van der Waals surface area contributed by atoms with Gasteiger partial charge in [-0.25, -0.2) is 4.79 Å². The third-order valence-electron chi connectivity index (χ3n) is 3.73. The van der Waals surface area contributed by atoms with E-state index in [1.165, 1.54) is 12.1 Å². The van der Waals surface area contributed by atoms with Crippen LogP contribution in [0.1, 0.15) is 53.0 Å². The Hall–Kier alpha value is -1.92. The molecule has 0 radical (unpaired) electrons. The van der Waals surface area contributed by atoms with Crippen LogP contribution in [0.25, 0.3) is 0 Å². The molecule has 0 aliphatic carbocycles. The van der Waals surface area contributed by atoms with E-state index >= 15 is 0 Å². The Bertz CT molecular complexity index is 558. The fourth-order valence-corrected chi connectivity index (χ4v) is 2.52. The average Bonchev–Trinajstić information content (AvgIpc) is 2.55. The zero-order valence-electron chi connectivity index (χ0n) is 16.1. The van der Waals surface area contributed by atoms with Crippen molar-refractivity contribution >= 4 is 11.8 Å². The molecule has 1 amide bonds. The summed E-state index contributed by atoms with van der Waals surface area (Å²) in [5.74, 6) is 0. The Morgan fingerprint density at radius 2 is 1.58 bits per heavy atom. The number of rotatable bonds is 2. The van der Waals surface area contributed by atoms with Crippen LogP contribution in [0.4, 0.5) is 23.7 Å². The number of ether oxygens (including phenoxy) is 1. The molecule has 1 fully saturated rings. The zero-order chi connectivity index (χ0) is 20.0. The summed E-state index contributed by atoms with van der Waals surface area (Å²) in [6, 6.07) is 5.13. The van der Waals surface area contributed by atoms with Crippen LogP contribution in [-0.2, 0) is 10.9 Å². The van der Waals surface area contributed by atoms with Crippen LogP contribution in [0.5, 0.6) is 0 Å². The molecule has 0 aromatic heterocycles. The van der Waals surface area contributed by atoms with Crippen LogP contribution >= 0.6 is 0 Å². The summed E-state index contributed by atoms with van der Waals surface area (Å²) >= 11 is 0. The van der Waals surface area contributed by atoms with Gasteiger partial charge in [0, 0.05) is 24.8 Å². The standard InChI is InChI=1S/C17H23F3N2O2.C2H6/c1-16(2,3)24-15(23)22-10-8-14(9-11-22)21-13-6-4-12(5-7-13)17(18,19)20;1-2/h4-7,14,21H,8-11H2,1-3H3;1-2H3. The third kappa shape index (κ3) is 7.14. The van der Waals surface area contributed by atoms with E-state index in [0.29, 0.717) is 18.8 Å². The lowest BCUT2D eigenvalue weighted by Gasteiger charge is -2.34. The second-order valence-corrected chi connectivity index (χ2v) is 6.96. The van der Waals surface area contributed by atoms with E-state index in [1.54, 1.807) is 4.90 Å². The van der Waals surface area contributed by atoms with Crippen molar-refractivity contribution in [2.45, 2.75) is 65.3 Å². The minimum Gasteiger partial charge on any atom is -0.444 e. The van der Waals surface area contributed by atoms with Crippen molar-refractivity contribution in [3.63, 3.8) is 0 Å². The molecule has 0 bridgehead atoms. The monoisotopic (exact) mass is 374 g/mol. The van der Waals surface area contributed by atoms with Crippen molar-refractivity contribution in [3.05, 3.63) is 29.8 Å². The largest absolute Gasteiger partial charge is 0.444 e. The number of carbonyl (C=O) groups is 1. The van der Waals surface area contributed by atoms with Gasteiger partial charge < -0.3 is 15.0 Å². The van der Waals surface area contributed by atoms with Gasteiger partial charge in [-0.3, -0.25) is 0 Å². The quantitative estimate of drug-likeness (QED) is 0.739. The molecule has 4 nitrogen and oxygen atoms in total. The van der Waals surface area contributed by atoms with E-state index in [9.17, 15) is 18.0 Å². The maximum Gasteiger partial charge on any atom is 0.416 e. The number of hydrogen-bond acceptors (Lipinski definition) is 3. The molecule has 1 heterocycles. The number of likely N-dealkylation sites (tertiary alicyclic amines) is 1. The normalized spacial score (nSPS) is 15.8. The highest BCUT2D eigenvalue weighted by Crippen LogP contribution is 2.30. The summed E-state index contributed by atoms with van der Waals surface area (Å²) in [6.45, 7) is 10.6. The molecule has 2 rings (SSSR count). The molecule has 26 heavy (non-hydrogen) atoms. The lowest BCUT2D eigenvalue weighted by atomic mass is 10.0. The highest BCUT2D eigenvalue weighted by molar-refractivity contribution is 5.68. The van der Waals surface area contributed by atoms with Crippen molar-refractivity contribution in [1.29, 1.82) is 0 Å². The van der Waals surface area contributed by atoms with E-state index in [-0.39, 0.29) is 12.1 Å². The van der Waals surface area contributed by atoms with Gasteiger partial charge in [0.25, 0.3) is 0 Å². The summed E-state index contributed by atoms with van der Waals surface area (Å²) < 4.78 is 43.0. The predicted molar refractivity (Wildman–Crippen MR) is 97.2 cm³/mol. The lowest BCUT2D eigenvalue weighted by molar-refractivity contribution is -0.137. The van der Waals surface area contributed by atoms with Crippen LogP contribution in [0.2, 0.25) is 0 Å². The molecule has 0 saturated carbocycles. The molecule has 7 heteroatoms. The predicted octanol–water partition coefficient (Wildman–Crippen LogP) is 5.54. The second kappa shape index (κ2) is 9.14.